The number of fused-ring (bicyclic) bond motifs is 5. The zero-order valence-electron chi connectivity index (χ0n) is 10.6. The standard InChI is InChI=1S/C17H17N/c1-18-16-8-4-2-6-14(16)12-10-11-13(12)15-7-3-5-9-17(15)18/h2-9,12-13H,10-11H2,1H3/t12-,13?/m1/s1. The molecule has 0 spiro atoms. The van der Waals surface area contributed by atoms with Gasteiger partial charge in [-0.3, -0.25) is 0 Å². The van der Waals surface area contributed by atoms with Crippen LogP contribution in [0.3, 0.4) is 0 Å². The van der Waals surface area contributed by atoms with E-state index >= 15 is 0 Å². The van der Waals surface area contributed by atoms with Gasteiger partial charge in [0.25, 0.3) is 0 Å². The first-order valence-corrected chi connectivity index (χ1v) is 6.78. The van der Waals surface area contributed by atoms with Gasteiger partial charge in [-0.1, -0.05) is 36.4 Å². The summed E-state index contributed by atoms with van der Waals surface area (Å²) >= 11 is 0. The van der Waals surface area contributed by atoms with Gasteiger partial charge < -0.3 is 4.90 Å². The Kier molecular flexibility index (Phi) is 2.05. The molecule has 1 unspecified atom stereocenters. The SMILES string of the molecule is CN1c2ccccc2C2CC[C@H]2c2ccccc21. The minimum Gasteiger partial charge on any atom is -0.344 e. The summed E-state index contributed by atoms with van der Waals surface area (Å²) in [5, 5.41) is 0. The van der Waals surface area contributed by atoms with Crippen LogP contribution in [0.2, 0.25) is 0 Å². The molecular formula is C17H17N. The predicted octanol–water partition coefficient (Wildman–Crippen LogP) is 4.43. The van der Waals surface area contributed by atoms with Gasteiger partial charge in [0.2, 0.25) is 0 Å². The van der Waals surface area contributed by atoms with Gasteiger partial charge in [-0.2, -0.15) is 0 Å². The first-order chi connectivity index (χ1) is 8.86. The first-order valence-electron chi connectivity index (χ1n) is 6.78. The Hall–Kier alpha value is -1.76. The highest BCUT2D eigenvalue weighted by molar-refractivity contribution is 5.73. The molecule has 0 aromatic heterocycles. The average Bonchev–Trinajstić information content (AvgIpc) is 2.44. The lowest BCUT2D eigenvalue weighted by atomic mass is 9.67. The maximum absolute atomic E-state index is 2.36. The van der Waals surface area contributed by atoms with Crippen LogP contribution in [0.5, 0.6) is 0 Å². The molecule has 2 aromatic carbocycles. The van der Waals surface area contributed by atoms with Crippen molar-refractivity contribution in [3.63, 3.8) is 0 Å². The van der Waals surface area contributed by atoms with E-state index in [9.17, 15) is 0 Å². The largest absolute Gasteiger partial charge is 0.344 e. The van der Waals surface area contributed by atoms with Crippen molar-refractivity contribution in [3.05, 3.63) is 59.7 Å². The van der Waals surface area contributed by atoms with Crippen molar-refractivity contribution in [1.82, 2.24) is 0 Å². The van der Waals surface area contributed by atoms with Crippen LogP contribution in [-0.4, -0.2) is 7.05 Å². The molecule has 1 fully saturated rings. The van der Waals surface area contributed by atoms with Crippen molar-refractivity contribution in [3.8, 4) is 0 Å². The number of nitrogens with zero attached hydrogens (tertiary/aromatic N) is 1. The molecule has 90 valence electrons. The summed E-state index contributed by atoms with van der Waals surface area (Å²) in [4.78, 5) is 2.36. The normalized spacial score (nSPS) is 24.4. The molecule has 4 rings (SSSR count). The second-order valence-electron chi connectivity index (χ2n) is 5.47. The van der Waals surface area contributed by atoms with E-state index in [2.05, 4.69) is 60.5 Å². The number of anilines is 2. The lowest BCUT2D eigenvalue weighted by Gasteiger charge is -2.36. The fourth-order valence-corrected chi connectivity index (χ4v) is 3.59. The van der Waals surface area contributed by atoms with Gasteiger partial charge >= 0.3 is 0 Å². The van der Waals surface area contributed by atoms with Crippen molar-refractivity contribution in [2.45, 2.75) is 24.7 Å². The number of benzene rings is 2. The number of para-hydroxylation sites is 2. The highest BCUT2D eigenvalue weighted by atomic mass is 15.1. The van der Waals surface area contributed by atoms with Crippen LogP contribution < -0.4 is 4.90 Å². The predicted molar refractivity (Wildman–Crippen MR) is 75.7 cm³/mol. The molecular weight excluding hydrogens is 218 g/mol. The lowest BCUT2D eigenvalue weighted by molar-refractivity contribution is 0.350. The molecule has 1 nitrogen and oxygen atoms in total. The second-order valence-corrected chi connectivity index (χ2v) is 5.47. The molecule has 0 radical (unpaired) electrons. The van der Waals surface area contributed by atoms with Gasteiger partial charge in [-0.25, -0.2) is 0 Å². The van der Waals surface area contributed by atoms with Crippen LogP contribution in [0.1, 0.15) is 35.8 Å². The third kappa shape index (κ3) is 1.22. The van der Waals surface area contributed by atoms with Gasteiger partial charge in [-0.15, -0.1) is 0 Å². The van der Waals surface area contributed by atoms with Crippen LogP contribution >= 0.6 is 0 Å². The van der Waals surface area contributed by atoms with Crippen molar-refractivity contribution >= 4 is 11.4 Å². The lowest BCUT2D eigenvalue weighted by Crippen LogP contribution is -2.20. The molecule has 0 bridgehead atoms. The fourth-order valence-electron chi connectivity index (χ4n) is 3.59. The first kappa shape index (κ1) is 10.2. The minimum atomic E-state index is 0.729. The van der Waals surface area contributed by atoms with Gasteiger partial charge in [-0.05, 0) is 47.9 Å². The minimum absolute atomic E-state index is 0.729. The van der Waals surface area contributed by atoms with Crippen molar-refractivity contribution < 1.29 is 0 Å². The van der Waals surface area contributed by atoms with Gasteiger partial charge in [0.05, 0.1) is 0 Å². The van der Waals surface area contributed by atoms with E-state index in [1.165, 1.54) is 35.3 Å². The number of hydrogen-bond donors (Lipinski definition) is 0. The molecule has 1 aliphatic heterocycles. The molecule has 18 heavy (non-hydrogen) atoms. The third-order valence-corrected chi connectivity index (χ3v) is 4.67. The molecule has 2 aromatic rings. The van der Waals surface area contributed by atoms with Crippen molar-refractivity contribution in [2.75, 3.05) is 11.9 Å². The molecule has 1 aliphatic carbocycles. The zero-order valence-corrected chi connectivity index (χ0v) is 10.6. The Morgan fingerprint density at radius 3 is 1.67 bits per heavy atom. The summed E-state index contributed by atoms with van der Waals surface area (Å²) in [6.07, 6.45) is 2.67. The Balaban J connectivity index is 1.99. The van der Waals surface area contributed by atoms with Crippen LogP contribution in [0.4, 0.5) is 11.4 Å². The van der Waals surface area contributed by atoms with Gasteiger partial charge in [0, 0.05) is 18.4 Å². The van der Waals surface area contributed by atoms with Crippen LogP contribution in [0.15, 0.2) is 48.5 Å². The van der Waals surface area contributed by atoms with E-state index in [1.54, 1.807) is 0 Å². The monoisotopic (exact) mass is 235 g/mol. The van der Waals surface area contributed by atoms with Gasteiger partial charge in [0.1, 0.15) is 0 Å². The summed E-state index contributed by atoms with van der Waals surface area (Å²) in [5.74, 6) is 1.46. The molecule has 1 heteroatoms. The Morgan fingerprint density at radius 1 is 0.778 bits per heavy atom. The highest BCUT2D eigenvalue weighted by Crippen LogP contribution is 2.56. The summed E-state index contributed by atoms with van der Waals surface area (Å²) in [5.41, 5.74) is 5.84. The number of hydrogen-bond acceptors (Lipinski definition) is 1. The molecule has 0 saturated heterocycles. The molecule has 0 N–H and O–H groups in total. The zero-order chi connectivity index (χ0) is 12.1. The maximum Gasteiger partial charge on any atom is 0.0443 e. The van der Waals surface area contributed by atoms with Crippen molar-refractivity contribution in [1.29, 1.82) is 0 Å². The van der Waals surface area contributed by atoms with E-state index in [1.807, 2.05) is 0 Å². The Bertz CT molecular complexity index is 549. The van der Waals surface area contributed by atoms with E-state index in [0.717, 1.165) is 11.8 Å². The quantitative estimate of drug-likeness (QED) is 0.653. The highest BCUT2D eigenvalue weighted by Gasteiger charge is 2.38. The fraction of sp³-hybridized carbons (Fsp3) is 0.294. The smallest absolute Gasteiger partial charge is 0.0443 e. The Morgan fingerprint density at radius 2 is 1.22 bits per heavy atom. The van der Waals surface area contributed by atoms with Crippen LogP contribution in [0.25, 0.3) is 0 Å². The summed E-state index contributed by atoms with van der Waals surface area (Å²) in [6.45, 7) is 0. The number of rotatable bonds is 0. The second kappa shape index (κ2) is 3.61. The van der Waals surface area contributed by atoms with Crippen molar-refractivity contribution in [2.24, 2.45) is 0 Å². The molecule has 0 amide bonds. The topological polar surface area (TPSA) is 3.24 Å². The molecule has 2 aliphatic rings. The van der Waals surface area contributed by atoms with E-state index in [4.69, 9.17) is 0 Å². The summed E-state index contributed by atoms with van der Waals surface area (Å²) in [7, 11) is 2.20. The summed E-state index contributed by atoms with van der Waals surface area (Å²) < 4.78 is 0. The maximum atomic E-state index is 2.36. The van der Waals surface area contributed by atoms with E-state index in [-0.39, 0.29) is 0 Å². The summed E-state index contributed by atoms with van der Waals surface area (Å²) in [6, 6.07) is 17.8. The molecule has 1 saturated carbocycles. The molecule has 2 atom stereocenters. The van der Waals surface area contributed by atoms with Gasteiger partial charge in [0.15, 0.2) is 0 Å². The third-order valence-electron chi connectivity index (χ3n) is 4.67. The van der Waals surface area contributed by atoms with E-state index < -0.39 is 0 Å². The average molecular weight is 235 g/mol. The van der Waals surface area contributed by atoms with Crippen LogP contribution in [0, 0.1) is 0 Å². The molecule has 1 heterocycles. The van der Waals surface area contributed by atoms with Crippen LogP contribution in [-0.2, 0) is 0 Å². The Labute approximate surface area is 108 Å². The van der Waals surface area contributed by atoms with E-state index in [0.29, 0.717) is 0 Å².